The number of fused-ring (bicyclic) bond motifs is 1. The summed E-state index contributed by atoms with van der Waals surface area (Å²) in [7, 11) is 1.56. The van der Waals surface area contributed by atoms with E-state index in [1.165, 1.54) is 4.40 Å². The summed E-state index contributed by atoms with van der Waals surface area (Å²) in [5, 5.41) is 3.04. The van der Waals surface area contributed by atoms with E-state index in [-0.39, 0.29) is 16.8 Å². The number of thioether (sulfide) groups is 1. The van der Waals surface area contributed by atoms with Crippen LogP contribution in [0.25, 0.3) is 5.65 Å². The Morgan fingerprint density at radius 2 is 2.12 bits per heavy atom. The maximum atomic E-state index is 12.1. The second kappa shape index (κ2) is 7.35. The van der Waals surface area contributed by atoms with Crippen LogP contribution in [-0.4, -0.2) is 33.1 Å². The molecule has 0 fully saturated rings. The molecule has 2 aromatic heterocycles. The number of methoxy groups -OCH3 is 1. The van der Waals surface area contributed by atoms with Crippen LogP contribution in [0.2, 0.25) is 0 Å². The number of benzene rings is 1. The number of carbonyl (C=O) groups excluding carboxylic acids is 1. The Morgan fingerprint density at radius 1 is 1.28 bits per heavy atom. The van der Waals surface area contributed by atoms with Gasteiger partial charge in [0.1, 0.15) is 11.4 Å². The summed E-state index contributed by atoms with van der Waals surface area (Å²) < 4.78 is 6.50. The summed E-state index contributed by atoms with van der Waals surface area (Å²) in [6.45, 7) is 1.89. The number of rotatable bonds is 5. The normalized spacial score (nSPS) is 10.6. The average Bonchev–Trinajstić information content (AvgIpc) is 2.61. The molecule has 1 N–H and O–H groups in total. The van der Waals surface area contributed by atoms with Crippen LogP contribution in [0.4, 0.5) is 5.69 Å². The largest absolute Gasteiger partial charge is 0.497 e. The highest BCUT2D eigenvalue weighted by Gasteiger charge is 2.09. The molecule has 3 rings (SSSR count). The van der Waals surface area contributed by atoms with Crippen molar-refractivity contribution in [1.82, 2.24) is 14.4 Å². The van der Waals surface area contributed by atoms with Gasteiger partial charge >= 0.3 is 5.69 Å². The Labute approximate surface area is 148 Å². The fourth-order valence-electron chi connectivity index (χ4n) is 2.19. The Bertz CT molecular complexity index is 987. The van der Waals surface area contributed by atoms with Crippen LogP contribution in [0.15, 0.2) is 52.5 Å². The minimum Gasteiger partial charge on any atom is -0.497 e. The molecular weight excluding hydrogens is 340 g/mol. The van der Waals surface area contributed by atoms with Gasteiger partial charge in [0, 0.05) is 18.0 Å². The molecule has 0 radical (unpaired) electrons. The van der Waals surface area contributed by atoms with Gasteiger partial charge in [-0.1, -0.05) is 23.9 Å². The summed E-state index contributed by atoms with van der Waals surface area (Å²) in [6.07, 6.45) is 1.68. The van der Waals surface area contributed by atoms with Crippen molar-refractivity contribution in [3.8, 4) is 5.75 Å². The Kier molecular flexibility index (Phi) is 4.99. The van der Waals surface area contributed by atoms with Crippen molar-refractivity contribution in [3.63, 3.8) is 0 Å². The molecule has 0 saturated heterocycles. The zero-order valence-corrected chi connectivity index (χ0v) is 14.5. The zero-order chi connectivity index (χ0) is 17.8. The predicted molar refractivity (Wildman–Crippen MR) is 96.3 cm³/mol. The number of hydrogen-bond acceptors (Lipinski definition) is 6. The molecule has 0 saturated carbocycles. The van der Waals surface area contributed by atoms with Gasteiger partial charge in [-0.3, -0.25) is 9.20 Å². The summed E-state index contributed by atoms with van der Waals surface area (Å²) >= 11 is 1.11. The molecule has 0 atom stereocenters. The first-order chi connectivity index (χ1) is 12.0. The standard InChI is InChI=1S/C17H16N4O3S/c1-11-6-7-14-19-16(20-17(23)21(14)9-11)25-10-15(22)18-12-4-3-5-13(8-12)24-2/h3-9H,10H2,1-2H3,(H,18,22). The van der Waals surface area contributed by atoms with E-state index >= 15 is 0 Å². The maximum absolute atomic E-state index is 12.1. The van der Waals surface area contributed by atoms with E-state index in [9.17, 15) is 9.59 Å². The lowest BCUT2D eigenvalue weighted by atomic mass is 10.3. The van der Waals surface area contributed by atoms with Gasteiger partial charge < -0.3 is 10.1 Å². The van der Waals surface area contributed by atoms with Crippen LogP contribution < -0.4 is 15.7 Å². The fraction of sp³-hybridized carbons (Fsp3) is 0.176. The highest BCUT2D eigenvalue weighted by molar-refractivity contribution is 7.99. The topological polar surface area (TPSA) is 85.6 Å². The third-order valence-corrected chi connectivity index (χ3v) is 4.22. The lowest BCUT2D eigenvalue weighted by Gasteiger charge is -2.07. The van der Waals surface area contributed by atoms with Gasteiger partial charge in [0.25, 0.3) is 0 Å². The number of carbonyl (C=O) groups is 1. The van der Waals surface area contributed by atoms with Crippen LogP contribution in [0.5, 0.6) is 5.75 Å². The molecule has 0 aliphatic carbocycles. The first-order valence-electron chi connectivity index (χ1n) is 7.49. The van der Waals surface area contributed by atoms with Crippen molar-refractivity contribution >= 4 is 29.0 Å². The van der Waals surface area contributed by atoms with Crippen molar-refractivity contribution < 1.29 is 9.53 Å². The number of amides is 1. The van der Waals surface area contributed by atoms with Crippen LogP contribution >= 0.6 is 11.8 Å². The maximum Gasteiger partial charge on any atom is 0.355 e. The van der Waals surface area contributed by atoms with Gasteiger partial charge in [0.2, 0.25) is 5.91 Å². The molecule has 0 spiro atoms. The van der Waals surface area contributed by atoms with Crippen molar-refractivity contribution in [2.24, 2.45) is 0 Å². The molecule has 8 heteroatoms. The molecule has 1 amide bonds. The number of aromatic nitrogens is 3. The van der Waals surface area contributed by atoms with Gasteiger partial charge in [-0.15, -0.1) is 0 Å². The molecular formula is C17H16N4O3S. The Hall–Kier alpha value is -2.87. The Balaban J connectivity index is 1.68. The number of nitrogens with zero attached hydrogens (tertiary/aromatic N) is 3. The van der Waals surface area contributed by atoms with Crippen molar-refractivity contribution in [2.45, 2.75) is 12.1 Å². The molecule has 25 heavy (non-hydrogen) atoms. The van der Waals surface area contributed by atoms with E-state index in [2.05, 4.69) is 15.3 Å². The average molecular weight is 356 g/mol. The van der Waals surface area contributed by atoms with E-state index in [0.717, 1.165) is 17.3 Å². The van der Waals surface area contributed by atoms with Gasteiger partial charge in [-0.25, -0.2) is 9.78 Å². The van der Waals surface area contributed by atoms with Crippen molar-refractivity contribution in [2.75, 3.05) is 18.2 Å². The molecule has 7 nitrogen and oxygen atoms in total. The molecule has 1 aromatic carbocycles. The predicted octanol–water partition coefficient (Wildman–Crippen LogP) is 2.14. The second-order valence-corrected chi connectivity index (χ2v) is 6.23. The van der Waals surface area contributed by atoms with Crippen molar-refractivity contribution in [1.29, 1.82) is 0 Å². The molecule has 0 aliphatic heterocycles. The summed E-state index contributed by atoms with van der Waals surface area (Å²) in [5.74, 6) is 0.538. The Morgan fingerprint density at radius 3 is 2.92 bits per heavy atom. The van der Waals surface area contributed by atoms with E-state index in [1.807, 2.05) is 13.0 Å². The monoisotopic (exact) mass is 356 g/mol. The molecule has 128 valence electrons. The second-order valence-electron chi connectivity index (χ2n) is 5.29. The number of ether oxygens (including phenoxy) is 1. The highest BCUT2D eigenvalue weighted by Crippen LogP contribution is 2.18. The fourth-order valence-corrected chi connectivity index (χ4v) is 2.83. The van der Waals surface area contributed by atoms with Gasteiger partial charge in [0.05, 0.1) is 12.9 Å². The number of aryl methyl sites for hydroxylation is 1. The van der Waals surface area contributed by atoms with Crippen molar-refractivity contribution in [3.05, 3.63) is 58.6 Å². The molecule has 0 aliphatic rings. The zero-order valence-electron chi connectivity index (χ0n) is 13.7. The number of hydrogen-bond donors (Lipinski definition) is 1. The van der Waals surface area contributed by atoms with Gasteiger partial charge in [-0.2, -0.15) is 4.98 Å². The SMILES string of the molecule is COc1cccc(NC(=O)CSc2nc(=O)n3cc(C)ccc3n2)c1. The lowest BCUT2D eigenvalue weighted by molar-refractivity contribution is -0.113. The van der Waals surface area contributed by atoms with Crippen LogP contribution in [0, 0.1) is 6.92 Å². The van der Waals surface area contributed by atoms with E-state index in [0.29, 0.717) is 17.1 Å². The smallest absolute Gasteiger partial charge is 0.355 e. The lowest BCUT2D eigenvalue weighted by Crippen LogP contribution is -2.20. The summed E-state index contributed by atoms with van der Waals surface area (Å²) in [4.78, 5) is 32.3. The quantitative estimate of drug-likeness (QED) is 0.705. The molecule has 0 bridgehead atoms. The molecule has 3 aromatic rings. The number of anilines is 1. The number of nitrogens with one attached hydrogen (secondary N) is 1. The van der Waals surface area contributed by atoms with Crippen LogP contribution in [0.1, 0.15) is 5.56 Å². The summed E-state index contributed by atoms with van der Waals surface area (Å²) in [6, 6.07) is 10.7. The minimum atomic E-state index is -0.413. The number of pyridine rings is 1. The minimum absolute atomic E-state index is 0.0959. The molecule has 0 unspecified atom stereocenters. The van der Waals surface area contributed by atoms with Crippen LogP contribution in [-0.2, 0) is 4.79 Å². The third-order valence-electron chi connectivity index (χ3n) is 3.37. The summed E-state index contributed by atoms with van der Waals surface area (Å²) in [5.41, 5.74) is 1.67. The third kappa shape index (κ3) is 4.16. The van der Waals surface area contributed by atoms with E-state index in [4.69, 9.17) is 4.74 Å². The molecule has 2 heterocycles. The first-order valence-corrected chi connectivity index (χ1v) is 8.47. The highest BCUT2D eigenvalue weighted by atomic mass is 32.2. The van der Waals surface area contributed by atoms with Crippen LogP contribution in [0.3, 0.4) is 0 Å². The van der Waals surface area contributed by atoms with E-state index < -0.39 is 5.69 Å². The van der Waals surface area contributed by atoms with Gasteiger partial charge in [0.15, 0.2) is 5.16 Å². The van der Waals surface area contributed by atoms with E-state index in [1.54, 1.807) is 43.6 Å². The first kappa shape index (κ1) is 17.0. The van der Waals surface area contributed by atoms with Gasteiger partial charge in [-0.05, 0) is 30.7 Å².